The molecule has 0 radical (unpaired) electrons. The number of benzene rings is 1. The lowest BCUT2D eigenvalue weighted by Crippen LogP contribution is -2.44. The summed E-state index contributed by atoms with van der Waals surface area (Å²) in [5, 5.41) is 5.81. The van der Waals surface area contributed by atoms with Gasteiger partial charge >= 0.3 is 0 Å². The topological polar surface area (TPSA) is 41.1 Å². The maximum Gasteiger partial charge on any atom is 0.236 e. The Kier molecular flexibility index (Phi) is 6.07. The van der Waals surface area contributed by atoms with Gasteiger partial charge < -0.3 is 5.32 Å². The molecule has 0 heterocycles. The van der Waals surface area contributed by atoms with Crippen molar-refractivity contribution < 1.29 is 13.6 Å². The number of amides is 1. The predicted molar refractivity (Wildman–Crippen MR) is 75.2 cm³/mol. The second kappa shape index (κ2) is 7.33. The van der Waals surface area contributed by atoms with E-state index < -0.39 is 17.7 Å². The third-order valence-corrected chi connectivity index (χ3v) is 3.01. The van der Waals surface area contributed by atoms with E-state index in [1.165, 1.54) is 12.1 Å². The predicted octanol–water partition coefficient (Wildman–Crippen LogP) is 2.78. The Hall–Kier alpha value is -1.49. The summed E-state index contributed by atoms with van der Waals surface area (Å²) in [5.41, 5.74) is 0.343. The molecule has 0 aromatic heterocycles. The smallest absolute Gasteiger partial charge is 0.236 e. The fourth-order valence-corrected chi connectivity index (χ4v) is 1.85. The standard InChI is InChI=1S/C15H22F2N2O/c1-9(2)8-18-15(20)11(4)19-10(3)13-6-5-12(16)7-14(13)17/h5-7,9-11,19H,8H2,1-4H3,(H,18,20)/t10-,11+/m0/s1. The molecule has 1 aromatic rings. The van der Waals surface area contributed by atoms with Crippen LogP contribution in [0.2, 0.25) is 0 Å². The van der Waals surface area contributed by atoms with Crippen molar-refractivity contribution in [3.63, 3.8) is 0 Å². The Morgan fingerprint density at radius 1 is 1.20 bits per heavy atom. The summed E-state index contributed by atoms with van der Waals surface area (Å²) in [5.74, 6) is -0.979. The molecule has 1 aromatic carbocycles. The van der Waals surface area contributed by atoms with Crippen molar-refractivity contribution in [1.82, 2.24) is 10.6 Å². The second-order valence-corrected chi connectivity index (χ2v) is 5.41. The Balaban J connectivity index is 2.60. The van der Waals surface area contributed by atoms with Gasteiger partial charge in [0.25, 0.3) is 0 Å². The van der Waals surface area contributed by atoms with E-state index in [1.807, 2.05) is 13.8 Å². The van der Waals surface area contributed by atoms with Crippen LogP contribution < -0.4 is 10.6 Å². The number of halogens is 2. The molecule has 2 atom stereocenters. The molecular weight excluding hydrogens is 262 g/mol. The number of hydrogen-bond donors (Lipinski definition) is 2. The van der Waals surface area contributed by atoms with Crippen molar-refractivity contribution in [2.45, 2.75) is 39.8 Å². The van der Waals surface area contributed by atoms with E-state index in [2.05, 4.69) is 10.6 Å². The average molecular weight is 284 g/mol. The van der Waals surface area contributed by atoms with Gasteiger partial charge in [0.2, 0.25) is 5.91 Å². The Labute approximate surface area is 118 Å². The van der Waals surface area contributed by atoms with Crippen molar-refractivity contribution in [3.8, 4) is 0 Å². The molecule has 0 fully saturated rings. The highest BCUT2D eigenvalue weighted by Crippen LogP contribution is 2.18. The lowest BCUT2D eigenvalue weighted by atomic mass is 10.1. The number of hydrogen-bond acceptors (Lipinski definition) is 2. The summed E-state index contributed by atoms with van der Waals surface area (Å²) in [6.45, 7) is 8.07. The summed E-state index contributed by atoms with van der Waals surface area (Å²) in [6.07, 6.45) is 0. The van der Waals surface area contributed by atoms with Gasteiger partial charge in [-0.1, -0.05) is 19.9 Å². The van der Waals surface area contributed by atoms with Crippen LogP contribution >= 0.6 is 0 Å². The SMILES string of the molecule is CC(C)CNC(=O)[C@@H](C)N[C@@H](C)c1ccc(F)cc1F. The van der Waals surface area contributed by atoms with Gasteiger partial charge in [-0.25, -0.2) is 8.78 Å². The largest absolute Gasteiger partial charge is 0.354 e. The van der Waals surface area contributed by atoms with Crippen LogP contribution in [0.15, 0.2) is 18.2 Å². The molecular formula is C15H22F2N2O. The fraction of sp³-hybridized carbons (Fsp3) is 0.533. The minimum atomic E-state index is -0.611. The van der Waals surface area contributed by atoms with Gasteiger partial charge in [0.1, 0.15) is 11.6 Å². The van der Waals surface area contributed by atoms with Crippen molar-refractivity contribution >= 4 is 5.91 Å². The van der Waals surface area contributed by atoms with Gasteiger partial charge in [0.15, 0.2) is 0 Å². The highest BCUT2D eigenvalue weighted by molar-refractivity contribution is 5.81. The minimum Gasteiger partial charge on any atom is -0.354 e. The van der Waals surface area contributed by atoms with Crippen LogP contribution in [0.1, 0.15) is 39.3 Å². The average Bonchev–Trinajstić information content (AvgIpc) is 2.35. The molecule has 1 rings (SSSR count). The number of rotatable bonds is 6. The Bertz CT molecular complexity index is 463. The quantitative estimate of drug-likeness (QED) is 0.843. The molecule has 0 bridgehead atoms. The molecule has 3 nitrogen and oxygen atoms in total. The zero-order valence-corrected chi connectivity index (χ0v) is 12.3. The van der Waals surface area contributed by atoms with Crippen LogP contribution in [0.4, 0.5) is 8.78 Å². The van der Waals surface area contributed by atoms with Crippen LogP contribution in [0, 0.1) is 17.6 Å². The van der Waals surface area contributed by atoms with Gasteiger partial charge in [0, 0.05) is 24.2 Å². The molecule has 0 saturated carbocycles. The van der Waals surface area contributed by atoms with Gasteiger partial charge in [-0.3, -0.25) is 10.1 Å². The highest BCUT2D eigenvalue weighted by atomic mass is 19.1. The van der Waals surface area contributed by atoms with E-state index in [4.69, 9.17) is 0 Å². The van der Waals surface area contributed by atoms with Crippen molar-refractivity contribution in [3.05, 3.63) is 35.4 Å². The van der Waals surface area contributed by atoms with Crippen LogP contribution in [0.25, 0.3) is 0 Å². The van der Waals surface area contributed by atoms with E-state index in [0.717, 1.165) is 6.07 Å². The number of carbonyl (C=O) groups excluding carboxylic acids is 1. The lowest BCUT2D eigenvalue weighted by Gasteiger charge is -2.21. The molecule has 1 amide bonds. The van der Waals surface area contributed by atoms with E-state index >= 15 is 0 Å². The molecule has 0 saturated heterocycles. The van der Waals surface area contributed by atoms with Crippen LogP contribution in [-0.2, 0) is 4.79 Å². The molecule has 0 spiro atoms. The van der Waals surface area contributed by atoms with Crippen LogP contribution in [0.5, 0.6) is 0 Å². The van der Waals surface area contributed by atoms with Crippen LogP contribution in [-0.4, -0.2) is 18.5 Å². The van der Waals surface area contributed by atoms with Crippen LogP contribution in [0.3, 0.4) is 0 Å². The Morgan fingerprint density at radius 2 is 1.85 bits per heavy atom. The number of carbonyl (C=O) groups is 1. The first-order valence-corrected chi connectivity index (χ1v) is 6.80. The minimum absolute atomic E-state index is 0.131. The van der Waals surface area contributed by atoms with Crippen molar-refractivity contribution in [1.29, 1.82) is 0 Å². The molecule has 0 unspecified atom stereocenters. The van der Waals surface area contributed by atoms with Gasteiger partial charge in [-0.2, -0.15) is 0 Å². The lowest BCUT2D eigenvalue weighted by molar-refractivity contribution is -0.123. The van der Waals surface area contributed by atoms with E-state index in [-0.39, 0.29) is 11.9 Å². The molecule has 0 aliphatic rings. The zero-order valence-electron chi connectivity index (χ0n) is 12.3. The first-order valence-electron chi connectivity index (χ1n) is 6.80. The zero-order chi connectivity index (χ0) is 15.3. The molecule has 5 heteroatoms. The second-order valence-electron chi connectivity index (χ2n) is 5.41. The molecule has 112 valence electrons. The summed E-state index contributed by atoms with van der Waals surface area (Å²) < 4.78 is 26.5. The van der Waals surface area contributed by atoms with E-state index in [1.54, 1.807) is 13.8 Å². The Morgan fingerprint density at radius 3 is 2.40 bits per heavy atom. The fourth-order valence-electron chi connectivity index (χ4n) is 1.85. The summed E-state index contributed by atoms with van der Waals surface area (Å²) in [6, 6.07) is 2.61. The normalized spacial score (nSPS) is 14.2. The molecule has 20 heavy (non-hydrogen) atoms. The maximum absolute atomic E-state index is 13.6. The van der Waals surface area contributed by atoms with Gasteiger partial charge in [-0.15, -0.1) is 0 Å². The van der Waals surface area contributed by atoms with Crippen molar-refractivity contribution in [2.75, 3.05) is 6.54 Å². The van der Waals surface area contributed by atoms with Gasteiger partial charge in [0.05, 0.1) is 6.04 Å². The number of nitrogens with one attached hydrogen (secondary N) is 2. The highest BCUT2D eigenvalue weighted by Gasteiger charge is 2.18. The molecule has 2 N–H and O–H groups in total. The maximum atomic E-state index is 13.6. The van der Waals surface area contributed by atoms with Gasteiger partial charge in [-0.05, 0) is 25.8 Å². The third kappa shape index (κ3) is 4.89. The summed E-state index contributed by atoms with van der Waals surface area (Å²) in [7, 11) is 0. The summed E-state index contributed by atoms with van der Waals surface area (Å²) in [4.78, 5) is 11.8. The first-order chi connectivity index (χ1) is 9.31. The monoisotopic (exact) mass is 284 g/mol. The van der Waals surface area contributed by atoms with E-state index in [0.29, 0.717) is 18.0 Å². The first kappa shape index (κ1) is 16.6. The van der Waals surface area contributed by atoms with Crippen molar-refractivity contribution in [2.24, 2.45) is 5.92 Å². The molecule has 0 aliphatic heterocycles. The summed E-state index contributed by atoms with van der Waals surface area (Å²) >= 11 is 0. The molecule has 0 aliphatic carbocycles. The third-order valence-electron chi connectivity index (χ3n) is 3.01. The van der Waals surface area contributed by atoms with E-state index in [9.17, 15) is 13.6 Å².